The van der Waals surface area contributed by atoms with Gasteiger partial charge in [-0.2, -0.15) is 5.26 Å². The molecule has 3 rings (SSSR count). The highest BCUT2D eigenvalue weighted by Crippen LogP contribution is 2.46. The van der Waals surface area contributed by atoms with Crippen LogP contribution in [0.15, 0.2) is 34.9 Å². The minimum Gasteiger partial charge on any atom is -0.493 e. The number of methoxy groups -OCH3 is 1. The van der Waals surface area contributed by atoms with Crippen molar-refractivity contribution in [3.63, 3.8) is 0 Å². The Bertz CT molecular complexity index is 867. The fourth-order valence-electron chi connectivity index (χ4n) is 3.38. The average Bonchev–Trinajstić information content (AvgIpc) is 2.62. The number of carbonyl (C=O) groups is 1. The Labute approximate surface area is 165 Å². The van der Waals surface area contributed by atoms with E-state index in [1.54, 1.807) is 13.2 Å². The first-order valence-electron chi connectivity index (χ1n) is 8.35. The van der Waals surface area contributed by atoms with Gasteiger partial charge in [-0.1, -0.05) is 0 Å². The fraction of sp³-hybridized carbons (Fsp3) is 0.368. The van der Waals surface area contributed by atoms with E-state index in [9.17, 15) is 10.1 Å². The van der Waals surface area contributed by atoms with E-state index in [1.807, 2.05) is 13.0 Å². The number of allylic oxidation sites excluding steroid dienone is 3. The first kappa shape index (κ1) is 18.6. The molecule has 0 radical (unpaired) electrons. The van der Waals surface area contributed by atoms with Crippen molar-refractivity contribution in [2.75, 3.05) is 13.7 Å². The number of halogens is 1. The maximum atomic E-state index is 12.6. The van der Waals surface area contributed by atoms with Gasteiger partial charge in [0.25, 0.3) is 0 Å². The number of nitriles is 1. The molecule has 2 aliphatic rings. The molecule has 1 atom stereocenters. The molecule has 0 saturated carbocycles. The molecule has 0 bridgehead atoms. The van der Waals surface area contributed by atoms with Crippen molar-refractivity contribution >= 4 is 28.4 Å². The van der Waals surface area contributed by atoms with Crippen LogP contribution in [-0.2, 0) is 9.53 Å². The molecule has 26 heavy (non-hydrogen) atoms. The summed E-state index contributed by atoms with van der Waals surface area (Å²) in [5.74, 6) is 1.29. The molecule has 0 aromatic heterocycles. The van der Waals surface area contributed by atoms with Crippen LogP contribution in [0.25, 0.3) is 0 Å². The predicted octanol–water partition coefficient (Wildman–Crippen LogP) is 3.51. The van der Waals surface area contributed by atoms with Gasteiger partial charge in [-0.3, -0.25) is 4.79 Å². The molecular formula is C19H19IN2O4. The molecule has 1 aliphatic carbocycles. The summed E-state index contributed by atoms with van der Waals surface area (Å²) in [4.78, 5) is 12.6. The highest BCUT2D eigenvalue weighted by atomic mass is 127. The van der Waals surface area contributed by atoms with E-state index in [0.717, 1.165) is 15.6 Å². The van der Waals surface area contributed by atoms with Gasteiger partial charge in [0.15, 0.2) is 17.3 Å². The van der Waals surface area contributed by atoms with Crippen LogP contribution in [0.2, 0.25) is 0 Å². The van der Waals surface area contributed by atoms with E-state index < -0.39 is 5.92 Å². The van der Waals surface area contributed by atoms with Gasteiger partial charge in [0.2, 0.25) is 5.88 Å². The van der Waals surface area contributed by atoms with E-state index in [4.69, 9.17) is 19.9 Å². The van der Waals surface area contributed by atoms with E-state index in [0.29, 0.717) is 42.3 Å². The third-order valence-electron chi connectivity index (χ3n) is 4.48. The Hall–Kier alpha value is -2.21. The summed E-state index contributed by atoms with van der Waals surface area (Å²) in [5.41, 5.74) is 7.53. The summed E-state index contributed by atoms with van der Waals surface area (Å²) in [6.07, 6.45) is 1.81. The summed E-state index contributed by atoms with van der Waals surface area (Å²) in [6, 6.07) is 5.83. The van der Waals surface area contributed by atoms with Crippen molar-refractivity contribution in [3.05, 3.63) is 44.1 Å². The van der Waals surface area contributed by atoms with Gasteiger partial charge in [-0.15, -0.1) is 0 Å². The van der Waals surface area contributed by atoms with Crippen molar-refractivity contribution in [1.29, 1.82) is 5.26 Å². The van der Waals surface area contributed by atoms with Gasteiger partial charge in [0.1, 0.15) is 17.4 Å². The first-order valence-corrected chi connectivity index (χ1v) is 9.43. The molecule has 0 unspecified atom stereocenters. The average molecular weight is 466 g/mol. The van der Waals surface area contributed by atoms with Gasteiger partial charge in [-0.25, -0.2) is 0 Å². The number of ether oxygens (including phenoxy) is 3. The molecule has 0 amide bonds. The SMILES string of the molecule is CCOc1c(I)cc([C@@H]2C(C#N)=C(N)OC3=C2C(=O)CCC3)cc1OC. The molecule has 1 aromatic rings. The quantitative estimate of drug-likeness (QED) is 0.683. The van der Waals surface area contributed by atoms with Gasteiger partial charge < -0.3 is 19.9 Å². The van der Waals surface area contributed by atoms with E-state index in [2.05, 4.69) is 28.7 Å². The largest absolute Gasteiger partial charge is 0.493 e. The monoisotopic (exact) mass is 466 g/mol. The van der Waals surface area contributed by atoms with E-state index in [1.165, 1.54) is 0 Å². The standard InChI is InChI=1S/C19H19IN2O4/c1-3-25-18-12(20)7-10(8-15(18)24-2)16-11(9-21)19(22)26-14-6-4-5-13(23)17(14)16/h7-8,16H,3-6,22H2,1-2H3/t16-/m1/s1. The zero-order valence-corrected chi connectivity index (χ0v) is 16.8. The molecule has 0 fully saturated rings. The van der Waals surface area contributed by atoms with Crippen molar-refractivity contribution in [2.45, 2.75) is 32.1 Å². The second kappa shape index (κ2) is 7.58. The second-order valence-electron chi connectivity index (χ2n) is 6.01. The Kier molecular flexibility index (Phi) is 5.41. The Morgan fingerprint density at radius 2 is 2.19 bits per heavy atom. The van der Waals surface area contributed by atoms with Crippen LogP contribution in [0.1, 0.15) is 37.7 Å². The molecule has 1 aliphatic heterocycles. The molecule has 0 spiro atoms. The van der Waals surface area contributed by atoms with Gasteiger partial charge in [0.05, 0.1) is 23.2 Å². The van der Waals surface area contributed by atoms with Crippen LogP contribution in [0.4, 0.5) is 0 Å². The topological polar surface area (TPSA) is 94.6 Å². The zero-order valence-electron chi connectivity index (χ0n) is 14.6. The minimum atomic E-state index is -0.547. The highest BCUT2D eigenvalue weighted by molar-refractivity contribution is 14.1. The van der Waals surface area contributed by atoms with Crippen LogP contribution < -0.4 is 15.2 Å². The summed E-state index contributed by atoms with van der Waals surface area (Å²) in [6.45, 7) is 2.41. The zero-order chi connectivity index (χ0) is 18.8. The van der Waals surface area contributed by atoms with Crippen molar-refractivity contribution in [2.24, 2.45) is 5.73 Å². The van der Waals surface area contributed by atoms with Crippen LogP contribution in [0, 0.1) is 14.9 Å². The number of nitrogens with zero attached hydrogens (tertiary/aromatic N) is 1. The highest BCUT2D eigenvalue weighted by Gasteiger charge is 2.38. The van der Waals surface area contributed by atoms with Crippen molar-refractivity contribution in [1.82, 2.24) is 0 Å². The molecular weight excluding hydrogens is 447 g/mol. The summed E-state index contributed by atoms with van der Waals surface area (Å²) >= 11 is 2.16. The lowest BCUT2D eigenvalue weighted by Crippen LogP contribution is -2.27. The Morgan fingerprint density at radius 1 is 1.42 bits per heavy atom. The van der Waals surface area contributed by atoms with Crippen LogP contribution in [0.5, 0.6) is 11.5 Å². The normalized spacial score (nSPS) is 19.6. The molecule has 2 N–H and O–H groups in total. The predicted molar refractivity (Wildman–Crippen MR) is 103 cm³/mol. The fourth-order valence-corrected chi connectivity index (χ4v) is 4.16. The third-order valence-corrected chi connectivity index (χ3v) is 5.28. The summed E-state index contributed by atoms with van der Waals surface area (Å²) in [7, 11) is 1.56. The molecule has 136 valence electrons. The number of benzene rings is 1. The summed E-state index contributed by atoms with van der Waals surface area (Å²) < 4.78 is 17.6. The lowest BCUT2D eigenvalue weighted by Gasteiger charge is -2.31. The smallest absolute Gasteiger partial charge is 0.205 e. The lowest BCUT2D eigenvalue weighted by molar-refractivity contribution is -0.116. The lowest BCUT2D eigenvalue weighted by atomic mass is 9.77. The van der Waals surface area contributed by atoms with Gasteiger partial charge in [0, 0.05) is 18.4 Å². The van der Waals surface area contributed by atoms with Gasteiger partial charge in [-0.05, 0) is 53.6 Å². The van der Waals surface area contributed by atoms with Crippen molar-refractivity contribution < 1.29 is 19.0 Å². The number of Topliss-reactive ketones (excluding diaryl/α,β-unsaturated/α-hetero) is 1. The molecule has 1 heterocycles. The minimum absolute atomic E-state index is 0.000593. The number of hydrogen-bond acceptors (Lipinski definition) is 6. The molecule has 6 nitrogen and oxygen atoms in total. The van der Waals surface area contributed by atoms with E-state index in [-0.39, 0.29) is 17.2 Å². The maximum Gasteiger partial charge on any atom is 0.205 e. The molecule has 1 aromatic carbocycles. The van der Waals surface area contributed by atoms with Crippen LogP contribution >= 0.6 is 22.6 Å². The third kappa shape index (κ3) is 3.14. The van der Waals surface area contributed by atoms with E-state index >= 15 is 0 Å². The van der Waals surface area contributed by atoms with Crippen LogP contribution in [0.3, 0.4) is 0 Å². The summed E-state index contributed by atoms with van der Waals surface area (Å²) in [5, 5.41) is 9.64. The number of ketones is 1. The first-order chi connectivity index (χ1) is 12.5. The van der Waals surface area contributed by atoms with Gasteiger partial charge >= 0.3 is 0 Å². The van der Waals surface area contributed by atoms with Crippen LogP contribution in [-0.4, -0.2) is 19.5 Å². The molecule has 7 heteroatoms. The number of carbonyl (C=O) groups excluding carboxylic acids is 1. The van der Waals surface area contributed by atoms with Crippen molar-refractivity contribution in [3.8, 4) is 17.6 Å². The Morgan fingerprint density at radius 3 is 2.85 bits per heavy atom. The second-order valence-corrected chi connectivity index (χ2v) is 7.17. The number of rotatable bonds is 4. The Balaban J connectivity index is 2.20. The number of hydrogen-bond donors (Lipinski definition) is 1. The number of nitrogens with two attached hydrogens (primary N) is 1. The molecule has 0 saturated heterocycles. The maximum absolute atomic E-state index is 12.6.